The van der Waals surface area contributed by atoms with E-state index in [1.807, 2.05) is 42.5 Å². The lowest BCUT2D eigenvalue weighted by Crippen LogP contribution is -2.12. The molecule has 1 heterocycles. The zero-order chi connectivity index (χ0) is 16.6. The number of aromatic hydroxyl groups is 1. The highest BCUT2D eigenvalue weighted by atomic mass is 16.3. The van der Waals surface area contributed by atoms with Gasteiger partial charge in [-0.25, -0.2) is 4.68 Å². The molecule has 0 unspecified atom stereocenters. The molecule has 0 atom stereocenters. The van der Waals surface area contributed by atoms with Crippen molar-refractivity contribution < 1.29 is 5.11 Å². The molecule has 1 aromatic heterocycles. The van der Waals surface area contributed by atoms with Crippen LogP contribution in [0.3, 0.4) is 0 Å². The van der Waals surface area contributed by atoms with Crippen molar-refractivity contribution >= 4 is 0 Å². The summed E-state index contributed by atoms with van der Waals surface area (Å²) in [5.74, 6) is 0.209. The number of nitrogens with zero attached hydrogens (tertiary/aromatic N) is 2. The van der Waals surface area contributed by atoms with E-state index < -0.39 is 0 Å². The van der Waals surface area contributed by atoms with E-state index in [1.54, 1.807) is 4.68 Å². The molecule has 0 bridgehead atoms. The van der Waals surface area contributed by atoms with E-state index >= 15 is 0 Å². The Morgan fingerprint density at radius 3 is 2.26 bits per heavy atom. The van der Waals surface area contributed by atoms with Crippen LogP contribution < -0.4 is 0 Å². The Bertz CT molecular complexity index is 827. The lowest BCUT2D eigenvalue weighted by molar-refractivity contribution is 0.414. The van der Waals surface area contributed by atoms with E-state index in [0.717, 1.165) is 22.5 Å². The zero-order valence-electron chi connectivity index (χ0n) is 14.0. The van der Waals surface area contributed by atoms with Crippen LogP contribution in [0.15, 0.2) is 54.6 Å². The fourth-order valence-corrected chi connectivity index (χ4v) is 2.84. The predicted molar refractivity (Wildman–Crippen MR) is 94.1 cm³/mol. The first-order chi connectivity index (χ1) is 10.9. The highest BCUT2D eigenvalue weighted by Crippen LogP contribution is 2.40. The van der Waals surface area contributed by atoms with Gasteiger partial charge in [-0.2, -0.15) is 5.10 Å². The van der Waals surface area contributed by atoms with E-state index in [0.29, 0.717) is 0 Å². The van der Waals surface area contributed by atoms with E-state index in [2.05, 4.69) is 39.8 Å². The van der Waals surface area contributed by atoms with Crippen LogP contribution in [-0.2, 0) is 5.41 Å². The van der Waals surface area contributed by atoms with Gasteiger partial charge in [-0.3, -0.25) is 0 Å². The van der Waals surface area contributed by atoms with Crippen LogP contribution >= 0.6 is 0 Å². The second kappa shape index (κ2) is 5.58. The van der Waals surface area contributed by atoms with E-state index in [-0.39, 0.29) is 11.3 Å². The molecule has 3 nitrogen and oxygen atoms in total. The lowest BCUT2D eigenvalue weighted by Gasteiger charge is -2.19. The Labute approximate surface area is 137 Å². The molecule has 0 aliphatic carbocycles. The molecule has 23 heavy (non-hydrogen) atoms. The van der Waals surface area contributed by atoms with Crippen molar-refractivity contribution in [2.75, 3.05) is 0 Å². The Morgan fingerprint density at radius 2 is 1.65 bits per heavy atom. The first kappa shape index (κ1) is 15.3. The Kier molecular flexibility index (Phi) is 3.72. The molecule has 0 radical (unpaired) electrons. The highest BCUT2D eigenvalue weighted by molar-refractivity contribution is 5.68. The van der Waals surface area contributed by atoms with Crippen molar-refractivity contribution in [2.45, 2.75) is 33.1 Å². The zero-order valence-corrected chi connectivity index (χ0v) is 14.0. The SMILES string of the molecule is Cc1cccc(-c2nn(-c3ccccc3)c(O)c2C(C)(C)C)c1. The van der Waals surface area contributed by atoms with Crippen molar-refractivity contribution in [3.63, 3.8) is 0 Å². The summed E-state index contributed by atoms with van der Waals surface area (Å²) in [4.78, 5) is 0. The number of aromatic nitrogens is 2. The average Bonchev–Trinajstić information content (AvgIpc) is 2.86. The summed E-state index contributed by atoms with van der Waals surface area (Å²) >= 11 is 0. The van der Waals surface area contributed by atoms with E-state index in [1.165, 1.54) is 5.56 Å². The molecule has 1 N–H and O–H groups in total. The molecule has 0 spiro atoms. The minimum Gasteiger partial charge on any atom is -0.493 e. The van der Waals surface area contributed by atoms with Crippen LogP contribution in [0.5, 0.6) is 5.88 Å². The van der Waals surface area contributed by atoms with Gasteiger partial charge in [0.15, 0.2) is 0 Å². The Morgan fingerprint density at radius 1 is 0.957 bits per heavy atom. The van der Waals surface area contributed by atoms with Crippen LogP contribution in [0.25, 0.3) is 16.9 Å². The fourth-order valence-electron chi connectivity index (χ4n) is 2.84. The molecule has 3 heteroatoms. The van der Waals surface area contributed by atoms with Crippen LogP contribution in [0.4, 0.5) is 0 Å². The minimum atomic E-state index is -0.212. The third-order valence-corrected chi connectivity index (χ3v) is 3.90. The molecule has 118 valence electrons. The average molecular weight is 306 g/mol. The number of rotatable bonds is 2. The lowest BCUT2D eigenvalue weighted by atomic mass is 9.85. The Hall–Kier alpha value is -2.55. The molecule has 0 aliphatic rings. The van der Waals surface area contributed by atoms with Gasteiger partial charge in [-0.05, 0) is 30.5 Å². The summed E-state index contributed by atoms with van der Waals surface area (Å²) in [7, 11) is 0. The summed E-state index contributed by atoms with van der Waals surface area (Å²) in [6, 6.07) is 18.0. The van der Waals surface area contributed by atoms with Crippen molar-refractivity contribution in [3.05, 3.63) is 65.7 Å². The molecular weight excluding hydrogens is 284 g/mol. The predicted octanol–water partition coefficient (Wildman–Crippen LogP) is 4.85. The van der Waals surface area contributed by atoms with Gasteiger partial charge in [0.05, 0.1) is 5.69 Å². The monoisotopic (exact) mass is 306 g/mol. The highest BCUT2D eigenvalue weighted by Gasteiger charge is 2.29. The molecule has 0 saturated carbocycles. The van der Waals surface area contributed by atoms with Crippen molar-refractivity contribution in [3.8, 4) is 22.8 Å². The van der Waals surface area contributed by atoms with E-state index in [4.69, 9.17) is 5.10 Å². The number of aryl methyl sites for hydroxylation is 1. The maximum Gasteiger partial charge on any atom is 0.218 e. The fraction of sp³-hybridized carbons (Fsp3) is 0.250. The number of benzene rings is 2. The van der Waals surface area contributed by atoms with Crippen LogP contribution in [0, 0.1) is 6.92 Å². The number of hydrogen-bond donors (Lipinski definition) is 1. The van der Waals surface area contributed by atoms with Crippen molar-refractivity contribution in [1.82, 2.24) is 9.78 Å². The molecule has 0 saturated heterocycles. The summed E-state index contributed by atoms with van der Waals surface area (Å²) in [6.45, 7) is 8.35. The largest absolute Gasteiger partial charge is 0.493 e. The van der Waals surface area contributed by atoms with Gasteiger partial charge in [0, 0.05) is 11.1 Å². The van der Waals surface area contributed by atoms with Gasteiger partial charge >= 0.3 is 0 Å². The summed E-state index contributed by atoms with van der Waals surface area (Å²) in [5.41, 5.74) is 4.55. The first-order valence-corrected chi connectivity index (χ1v) is 7.83. The van der Waals surface area contributed by atoms with Gasteiger partial charge in [0.25, 0.3) is 0 Å². The van der Waals surface area contributed by atoms with Crippen molar-refractivity contribution in [2.24, 2.45) is 0 Å². The molecule has 3 rings (SSSR count). The van der Waals surface area contributed by atoms with Gasteiger partial charge < -0.3 is 5.11 Å². The molecule has 2 aromatic carbocycles. The third kappa shape index (κ3) is 2.87. The minimum absolute atomic E-state index is 0.209. The van der Waals surface area contributed by atoms with Gasteiger partial charge in [0.1, 0.15) is 5.69 Å². The normalized spacial score (nSPS) is 11.7. The smallest absolute Gasteiger partial charge is 0.218 e. The van der Waals surface area contributed by atoms with Crippen LogP contribution in [0.1, 0.15) is 31.9 Å². The van der Waals surface area contributed by atoms with Gasteiger partial charge in [-0.15, -0.1) is 0 Å². The molecule has 0 fully saturated rings. The molecule has 0 amide bonds. The second-order valence-corrected chi connectivity index (χ2v) is 6.91. The summed E-state index contributed by atoms with van der Waals surface area (Å²) in [6.07, 6.45) is 0. The first-order valence-electron chi connectivity index (χ1n) is 7.83. The second-order valence-electron chi connectivity index (χ2n) is 6.91. The standard InChI is InChI=1S/C20H22N2O/c1-14-9-8-10-15(13-14)18-17(20(2,3)4)19(23)22(21-18)16-11-6-5-7-12-16/h5-13,23H,1-4H3. The van der Waals surface area contributed by atoms with Crippen LogP contribution in [-0.4, -0.2) is 14.9 Å². The van der Waals surface area contributed by atoms with Gasteiger partial charge in [0.2, 0.25) is 5.88 Å². The topological polar surface area (TPSA) is 38.0 Å². The summed E-state index contributed by atoms with van der Waals surface area (Å²) < 4.78 is 1.62. The molecule has 3 aromatic rings. The van der Waals surface area contributed by atoms with Gasteiger partial charge in [-0.1, -0.05) is 62.7 Å². The summed E-state index contributed by atoms with van der Waals surface area (Å²) in [5, 5.41) is 15.6. The maximum absolute atomic E-state index is 10.8. The maximum atomic E-state index is 10.8. The third-order valence-electron chi connectivity index (χ3n) is 3.90. The Balaban J connectivity index is 2.27. The van der Waals surface area contributed by atoms with Crippen LogP contribution in [0.2, 0.25) is 0 Å². The number of hydrogen-bond acceptors (Lipinski definition) is 2. The number of para-hydroxylation sites is 1. The van der Waals surface area contributed by atoms with Crippen molar-refractivity contribution in [1.29, 1.82) is 0 Å². The molecule has 0 aliphatic heterocycles. The molecular formula is C20H22N2O. The quantitative estimate of drug-likeness (QED) is 0.735. The van der Waals surface area contributed by atoms with E-state index in [9.17, 15) is 5.11 Å².